The number of nitro groups is 1. The number of hydrogen-bond acceptors (Lipinski definition) is 3. The molecule has 0 aliphatic carbocycles. The molecule has 0 N–H and O–H groups in total. The van der Waals surface area contributed by atoms with Crippen LogP contribution in [-0.2, 0) is 0 Å². The van der Waals surface area contributed by atoms with Gasteiger partial charge in [0, 0.05) is 19.2 Å². The number of carbonyl (C=O) groups excluding carboxylic acids is 1. The van der Waals surface area contributed by atoms with Crippen LogP contribution >= 0.6 is 15.9 Å². The fraction of sp³-hybridized carbons (Fsp3) is 0.500. The van der Waals surface area contributed by atoms with Gasteiger partial charge in [0.1, 0.15) is 4.47 Å². The highest BCUT2D eigenvalue weighted by molar-refractivity contribution is 9.10. The van der Waals surface area contributed by atoms with Gasteiger partial charge in [0.2, 0.25) is 0 Å². The summed E-state index contributed by atoms with van der Waals surface area (Å²) in [5, 5.41) is 10.9. The molecule has 1 atom stereocenters. The summed E-state index contributed by atoms with van der Waals surface area (Å²) in [5.74, 6) is 0.431. The lowest BCUT2D eigenvalue weighted by Crippen LogP contribution is -2.29. The number of amides is 1. The molecule has 0 spiro atoms. The van der Waals surface area contributed by atoms with Crippen LogP contribution in [0.2, 0.25) is 0 Å². The van der Waals surface area contributed by atoms with Crippen molar-refractivity contribution in [2.45, 2.75) is 26.2 Å². The number of halogens is 1. The van der Waals surface area contributed by atoms with E-state index < -0.39 is 4.92 Å². The molecule has 0 bridgehead atoms. The molecule has 2 rings (SSSR count). The molecule has 0 aromatic heterocycles. The molecule has 1 fully saturated rings. The van der Waals surface area contributed by atoms with Crippen molar-refractivity contribution in [1.82, 2.24) is 4.90 Å². The summed E-state index contributed by atoms with van der Waals surface area (Å²) >= 11 is 3.19. The molecule has 20 heavy (non-hydrogen) atoms. The number of benzene rings is 1. The summed E-state index contributed by atoms with van der Waals surface area (Å²) in [5.41, 5.74) is 0.302. The summed E-state index contributed by atoms with van der Waals surface area (Å²) in [7, 11) is 0. The van der Waals surface area contributed by atoms with E-state index in [4.69, 9.17) is 0 Å². The molecule has 6 heteroatoms. The minimum Gasteiger partial charge on any atom is -0.338 e. The maximum atomic E-state index is 12.5. The maximum Gasteiger partial charge on any atom is 0.284 e. The third-order valence-corrected chi connectivity index (χ3v) is 4.51. The predicted octanol–water partition coefficient (Wildman–Crippen LogP) is 3.62. The van der Waals surface area contributed by atoms with E-state index in [-0.39, 0.29) is 16.1 Å². The molecule has 1 aliphatic rings. The molecule has 1 amide bonds. The quantitative estimate of drug-likeness (QED) is 0.621. The second-order valence-electron chi connectivity index (χ2n) is 5.09. The zero-order chi connectivity index (χ0) is 14.7. The van der Waals surface area contributed by atoms with Gasteiger partial charge in [-0.15, -0.1) is 0 Å². The van der Waals surface area contributed by atoms with Crippen LogP contribution in [-0.4, -0.2) is 28.8 Å². The Hall–Kier alpha value is -1.43. The Morgan fingerprint density at radius 3 is 2.95 bits per heavy atom. The summed E-state index contributed by atoms with van der Waals surface area (Å²) < 4.78 is 0.272. The van der Waals surface area contributed by atoms with Crippen LogP contribution in [0.25, 0.3) is 0 Å². The Kier molecular flexibility index (Phi) is 4.75. The number of nitrogens with zero attached hydrogens (tertiary/aromatic N) is 2. The molecule has 1 unspecified atom stereocenters. The first kappa shape index (κ1) is 15.0. The van der Waals surface area contributed by atoms with E-state index in [1.807, 2.05) is 0 Å². The number of hydrogen-bond donors (Lipinski definition) is 0. The van der Waals surface area contributed by atoms with Crippen molar-refractivity contribution in [3.8, 4) is 0 Å². The Balaban J connectivity index is 2.18. The van der Waals surface area contributed by atoms with Crippen LogP contribution < -0.4 is 0 Å². The molecule has 0 radical (unpaired) electrons. The highest BCUT2D eigenvalue weighted by atomic mass is 79.9. The van der Waals surface area contributed by atoms with Crippen LogP contribution in [0.1, 0.15) is 36.5 Å². The van der Waals surface area contributed by atoms with E-state index in [0.29, 0.717) is 11.5 Å². The molecule has 1 aliphatic heterocycles. The van der Waals surface area contributed by atoms with Crippen LogP contribution in [0.3, 0.4) is 0 Å². The highest BCUT2D eigenvalue weighted by Crippen LogP contribution is 2.30. The molecule has 1 aromatic rings. The van der Waals surface area contributed by atoms with Gasteiger partial charge in [-0.2, -0.15) is 0 Å². The summed E-state index contributed by atoms with van der Waals surface area (Å²) in [6, 6.07) is 4.58. The van der Waals surface area contributed by atoms with Crippen molar-refractivity contribution in [1.29, 1.82) is 0 Å². The van der Waals surface area contributed by atoms with Crippen LogP contribution in [0.15, 0.2) is 22.7 Å². The average molecular weight is 341 g/mol. The molecule has 1 aromatic carbocycles. The summed E-state index contributed by atoms with van der Waals surface area (Å²) in [4.78, 5) is 24.7. The minimum atomic E-state index is -0.481. The monoisotopic (exact) mass is 340 g/mol. The molecule has 108 valence electrons. The van der Waals surface area contributed by atoms with Crippen molar-refractivity contribution in [3.05, 3.63) is 38.3 Å². The first-order chi connectivity index (χ1) is 9.54. The molecular weight excluding hydrogens is 324 g/mol. The van der Waals surface area contributed by atoms with Gasteiger partial charge in [0.25, 0.3) is 11.6 Å². The van der Waals surface area contributed by atoms with E-state index in [9.17, 15) is 14.9 Å². The van der Waals surface area contributed by atoms with Crippen molar-refractivity contribution in [3.63, 3.8) is 0 Å². The van der Waals surface area contributed by atoms with Crippen molar-refractivity contribution in [2.24, 2.45) is 5.92 Å². The van der Waals surface area contributed by atoms with Crippen LogP contribution in [0, 0.1) is 16.0 Å². The first-order valence-corrected chi connectivity index (χ1v) is 7.56. The molecule has 5 nitrogen and oxygen atoms in total. The largest absolute Gasteiger partial charge is 0.338 e. The molecule has 1 saturated heterocycles. The standard InChI is InChI=1S/C14H17BrN2O3/c1-2-4-10-7-8-16(9-10)14(18)11-5-3-6-12(13(11)15)17(19)20/h3,5-6,10H,2,4,7-9H2,1H3. The highest BCUT2D eigenvalue weighted by Gasteiger charge is 2.29. The number of rotatable bonds is 4. The SMILES string of the molecule is CCCC1CCN(C(=O)c2cccc([N+](=O)[O-])c2Br)C1. The maximum absolute atomic E-state index is 12.5. The zero-order valence-electron chi connectivity index (χ0n) is 11.3. The van der Waals surface area contributed by atoms with Gasteiger partial charge in [0.15, 0.2) is 0 Å². The predicted molar refractivity (Wildman–Crippen MR) is 79.7 cm³/mol. The van der Waals surface area contributed by atoms with E-state index >= 15 is 0 Å². The molecule has 0 saturated carbocycles. The lowest BCUT2D eigenvalue weighted by atomic mass is 10.0. The van der Waals surface area contributed by atoms with Gasteiger partial charge in [-0.25, -0.2) is 0 Å². The fourth-order valence-electron chi connectivity index (χ4n) is 2.66. The Bertz CT molecular complexity index is 533. The van der Waals surface area contributed by atoms with E-state index in [2.05, 4.69) is 22.9 Å². The second kappa shape index (κ2) is 6.35. The van der Waals surface area contributed by atoms with E-state index in [0.717, 1.165) is 32.4 Å². The number of nitro benzene ring substituents is 1. The molecule has 1 heterocycles. The lowest BCUT2D eigenvalue weighted by Gasteiger charge is -2.17. The fourth-order valence-corrected chi connectivity index (χ4v) is 3.24. The van der Waals surface area contributed by atoms with Gasteiger partial charge >= 0.3 is 0 Å². The normalized spacial score (nSPS) is 18.3. The molecular formula is C14H17BrN2O3. The third kappa shape index (κ3) is 3.00. The van der Waals surface area contributed by atoms with Gasteiger partial charge in [0.05, 0.1) is 10.5 Å². The van der Waals surface area contributed by atoms with Gasteiger partial charge in [-0.05, 0) is 40.8 Å². The Morgan fingerprint density at radius 2 is 2.30 bits per heavy atom. The second-order valence-corrected chi connectivity index (χ2v) is 5.88. The van der Waals surface area contributed by atoms with E-state index in [1.54, 1.807) is 17.0 Å². The number of likely N-dealkylation sites (tertiary alicyclic amines) is 1. The van der Waals surface area contributed by atoms with Gasteiger partial charge < -0.3 is 4.90 Å². The first-order valence-electron chi connectivity index (χ1n) is 6.76. The minimum absolute atomic E-state index is 0.0693. The topological polar surface area (TPSA) is 63.5 Å². The van der Waals surface area contributed by atoms with Crippen molar-refractivity contribution < 1.29 is 9.72 Å². The zero-order valence-corrected chi connectivity index (χ0v) is 12.9. The van der Waals surface area contributed by atoms with Crippen LogP contribution in [0.4, 0.5) is 5.69 Å². The third-order valence-electron chi connectivity index (χ3n) is 3.68. The van der Waals surface area contributed by atoms with E-state index in [1.165, 1.54) is 6.07 Å². The summed E-state index contributed by atoms with van der Waals surface area (Å²) in [6.45, 7) is 3.63. The smallest absolute Gasteiger partial charge is 0.284 e. The summed E-state index contributed by atoms with van der Waals surface area (Å²) in [6.07, 6.45) is 3.26. The van der Waals surface area contributed by atoms with Crippen LogP contribution in [0.5, 0.6) is 0 Å². The Morgan fingerprint density at radius 1 is 1.55 bits per heavy atom. The average Bonchev–Trinajstić information content (AvgIpc) is 2.87. The Labute approximate surface area is 126 Å². The number of carbonyl (C=O) groups is 1. The van der Waals surface area contributed by atoms with Crippen molar-refractivity contribution in [2.75, 3.05) is 13.1 Å². The lowest BCUT2D eigenvalue weighted by molar-refractivity contribution is -0.385. The van der Waals surface area contributed by atoms with Gasteiger partial charge in [-0.1, -0.05) is 19.4 Å². The van der Waals surface area contributed by atoms with Crippen molar-refractivity contribution >= 4 is 27.5 Å². The van der Waals surface area contributed by atoms with Gasteiger partial charge in [-0.3, -0.25) is 14.9 Å².